The van der Waals surface area contributed by atoms with Crippen LogP contribution in [0.5, 0.6) is 0 Å². The molecule has 1 amide bonds. The molecule has 1 fully saturated rings. The Bertz CT molecular complexity index is 1620. The average molecular weight is 626 g/mol. The van der Waals surface area contributed by atoms with Crippen LogP contribution in [0.15, 0.2) is 41.3 Å². The normalized spacial score (nSPS) is 15.2. The number of alkyl halides is 1. The predicted octanol–water partition coefficient (Wildman–Crippen LogP) is 6.14. The van der Waals surface area contributed by atoms with Crippen LogP contribution < -0.4 is 10.9 Å². The first-order chi connectivity index (χ1) is 21.1. The van der Waals surface area contributed by atoms with Gasteiger partial charge in [-0.1, -0.05) is 13.8 Å². The largest absolute Gasteiger partial charge is 0.481 e. The molecule has 4 rings (SSSR count). The summed E-state index contributed by atoms with van der Waals surface area (Å²) in [6.45, 7) is 12.0. The number of carboxylic acid groups (broad SMARTS) is 1. The zero-order valence-corrected chi connectivity index (χ0v) is 26.7. The van der Waals surface area contributed by atoms with E-state index in [1.165, 1.54) is 28.8 Å². The second kappa shape index (κ2) is 14.0. The van der Waals surface area contributed by atoms with Gasteiger partial charge in [-0.25, -0.2) is 13.2 Å². The number of nitrogens with one attached hydrogen (secondary N) is 1. The highest BCUT2D eigenvalue weighted by molar-refractivity contribution is 5.82. The summed E-state index contributed by atoms with van der Waals surface area (Å²) >= 11 is 0. The maximum Gasteiger partial charge on any atom is 0.305 e. The van der Waals surface area contributed by atoms with Gasteiger partial charge in [0.25, 0.3) is 5.56 Å². The molecule has 2 heterocycles. The number of aryl methyl sites for hydroxylation is 4. The maximum absolute atomic E-state index is 15.7. The molecular formula is C35H42F3N3O4. The number of carboxylic acids is 1. The molecule has 1 aliphatic rings. The van der Waals surface area contributed by atoms with Crippen molar-refractivity contribution in [3.63, 3.8) is 0 Å². The van der Waals surface area contributed by atoms with Crippen LogP contribution in [0.4, 0.5) is 13.2 Å². The van der Waals surface area contributed by atoms with E-state index in [1.807, 2.05) is 25.7 Å². The summed E-state index contributed by atoms with van der Waals surface area (Å²) in [6, 6.07) is 5.12. The van der Waals surface area contributed by atoms with Crippen LogP contribution in [0, 0.1) is 45.2 Å². The fourth-order valence-electron chi connectivity index (χ4n) is 6.19. The van der Waals surface area contributed by atoms with Gasteiger partial charge in [-0.15, -0.1) is 0 Å². The van der Waals surface area contributed by atoms with E-state index in [0.29, 0.717) is 48.3 Å². The second-order valence-corrected chi connectivity index (χ2v) is 12.7. The smallest absolute Gasteiger partial charge is 0.305 e. The number of pyridine rings is 1. The first-order valence-corrected chi connectivity index (χ1v) is 15.3. The first-order valence-electron chi connectivity index (χ1n) is 15.3. The highest BCUT2D eigenvalue weighted by Gasteiger charge is 2.30. The molecule has 2 atom stereocenters. The van der Waals surface area contributed by atoms with Crippen LogP contribution in [-0.4, -0.2) is 52.3 Å². The van der Waals surface area contributed by atoms with Gasteiger partial charge in [-0.3, -0.25) is 19.3 Å². The summed E-state index contributed by atoms with van der Waals surface area (Å²) < 4.78 is 44.5. The molecule has 242 valence electrons. The van der Waals surface area contributed by atoms with Gasteiger partial charge >= 0.3 is 5.97 Å². The Hall–Kier alpha value is -3.92. The van der Waals surface area contributed by atoms with Crippen molar-refractivity contribution < 1.29 is 27.9 Å². The molecule has 2 N–H and O–H groups in total. The van der Waals surface area contributed by atoms with Gasteiger partial charge in [0.05, 0.1) is 12.5 Å². The van der Waals surface area contributed by atoms with E-state index in [1.54, 1.807) is 33.0 Å². The van der Waals surface area contributed by atoms with E-state index >= 15 is 4.39 Å². The Kier molecular flexibility index (Phi) is 10.6. The summed E-state index contributed by atoms with van der Waals surface area (Å²) in [5, 5.41) is 12.5. The van der Waals surface area contributed by atoms with Crippen molar-refractivity contribution in [1.82, 2.24) is 14.8 Å². The van der Waals surface area contributed by atoms with E-state index in [2.05, 4.69) is 5.32 Å². The van der Waals surface area contributed by atoms with Crippen molar-refractivity contribution in [2.45, 2.75) is 79.1 Å². The van der Waals surface area contributed by atoms with Crippen LogP contribution in [0.3, 0.4) is 0 Å². The average Bonchev–Trinajstić information content (AvgIpc) is 2.90. The minimum atomic E-state index is -1.25. The quantitative estimate of drug-likeness (QED) is 0.252. The van der Waals surface area contributed by atoms with Crippen molar-refractivity contribution in [1.29, 1.82) is 0 Å². The summed E-state index contributed by atoms with van der Waals surface area (Å²) in [5.74, 6) is -2.91. The number of carbonyl (C=O) groups is 2. The van der Waals surface area contributed by atoms with Crippen LogP contribution in [0.1, 0.15) is 72.2 Å². The minimum Gasteiger partial charge on any atom is -0.481 e. The third kappa shape index (κ3) is 8.03. The van der Waals surface area contributed by atoms with Crippen molar-refractivity contribution in [3.8, 4) is 11.1 Å². The highest BCUT2D eigenvalue weighted by Crippen LogP contribution is 2.34. The Morgan fingerprint density at radius 2 is 1.62 bits per heavy atom. The van der Waals surface area contributed by atoms with Gasteiger partial charge in [-0.05, 0) is 110 Å². The van der Waals surface area contributed by atoms with Gasteiger partial charge in [0.2, 0.25) is 5.91 Å². The number of benzene rings is 2. The SMILES string of the molecule is Cc1cc(=O)n(C(CC(C)C)C(=O)NC(CC(=O)O)c2cc(-c3c(C)cc(F)cc3C)cc(C)c2F)cc1CCN1CC(F)C1. The molecule has 45 heavy (non-hydrogen) atoms. The summed E-state index contributed by atoms with van der Waals surface area (Å²) in [6.07, 6.45) is 1.08. The number of nitrogens with zero attached hydrogens (tertiary/aromatic N) is 2. The monoisotopic (exact) mass is 625 g/mol. The van der Waals surface area contributed by atoms with E-state index in [4.69, 9.17) is 0 Å². The lowest BCUT2D eigenvalue weighted by atomic mass is 9.90. The first kappa shape index (κ1) is 34.0. The fraction of sp³-hybridized carbons (Fsp3) is 0.457. The molecule has 0 aliphatic carbocycles. The van der Waals surface area contributed by atoms with Crippen molar-refractivity contribution >= 4 is 11.9 Å². The predicted molar refractivity (Wildman–Crippen MR) is 168 cm³/mol. The van der Waals surface area contributed by atoms with Gasteiger partial charge in [0.1, 0.15) is 23.8 Å². The topological polar surface area (TPSA) is 91.6 Å². The van der Waals surface area contributed by atoms with E-state index in [9.17, 15) is 28.3 Å². The van der Waals surface area contributed by atoms with Crippen molar-refractivity contribution in [2.24, 2.45) is 5.92 Å². The molecule has 10 heteroatoms. The van der Waals surface area contributed by atoms with Crippen LogP contribution in [0.2, 0.25) is 0 Å². The number of amides is 1. The van der Waals surface area contributed by atoms with Gasteiger partial charge in [0.15, 0.2) is 0 Å². The zero-order chi connectivity index (χ0) is 33.2. The van der Waals surface area contributed by atoms with Gasteiger partial charge < -0.3 is 15.0 Å². The fourth-order valence-corrected chi connectivity index (χ4v) is 6.19. The van der Waals surface area contributed by atoms with Gasteiger partial charge in [0, 0.05) is 37.5 Å². The van der Waals surface area contributed by atoms with Gasteiger partial charge in [-0.2, -0.15) is 0 Å². The second-order valence-electron chi connectivity index (χ2n) is 12.7. The van der Waals surface area contributed by atoms with Crippen molar-refractivity contribution in [3.05, 3.63) is 91.9 Å². The number of hydrogen-bond donors (Lipinski definition) is 2. The molecular weight excluding hydrogens is 583 g/mol. The molecule has 0 spiro atoms. The third-order valence-corrected chi connectivity index (χ3v) is 8.48. The Morgan fingerprint density at radius 1 is 0.978 bits per heavy atom. The van der Waals surface area contributed by atoms with Crippen LogP contribution in [-0.2, 0) is 16.0 Å². The lowest BCUT2D eigenvalue weighted by Crippen LogP contribution is -2.49. The minimum absolute atomic E-state index is 0.00942. The maximum atomic E-state index is 15.7. The molecule has 0 saturated carbocycles. The molecule has 1 saturated heterocycles. The zero-order valence-electron chi connectivity index (χ0n) is 26.7. The number of rotatable bonds is 12. The third-order valence-electron chi connectivity index (χ3n) is 8.48. The number of aliphatic carboxylic acids is 1. The summed E-state index contributed by atoms with van der Waals surface area (Å²) in [5.41, 5.74) is 4.00. The summed E-state index contributed by atoms with van der Waals surface area (Å²) in [7, 11) is 0. The number of carbonyl (C=O) groups excluding carboxylic acids is 1. The number of hydrogen-bond acceptors (Lipinski definition) is 4. The molecule has 2 unspecified atom stereocenters. The van der Waals surface area contributed by atoms with Crippen LogP contribution >= 0.6 is 0 Å². The molecule has 1 aromatic heterocycles. The van der Waals surface area contributed by atoms with Crippen LogP contribution in [0.25, 0.3) is 11.1 Å². The Labute approximate surface area is 262 Å². The van der Waals surface area contributed by atoms with Crippen molar-refractivity contribution in [2.75, 3.05) is 19.6 Å². The van der Waals surface area contributed by atoms with E-state index < -0.39 is 48.2 Å². The molecule has 2 aromatic carbocycles. The Balaban J connectivity index is 1.71. The number of halogens is 3. The molecule has 7 nitrogen and oxygen atoms in total. The summed E-state index contributed by atoms with van der Waals surface area (Å²) in [4.78, 5) is 41.2. The lowest BCUT2D eigenvalue weighted by molar-refractivity contribution is -0.138. The van der Waals surface area contributed by atoms with E-state index in [0.717, 1.165) is 11.1 Å². The molecule has 0 bridgehead atoms. The van der Waals surface area contributed by atoms with E-state index in [-0.39, 0.29) is 29.0 Å². The standard InChI is InChI=1S/C35H42F3N3O4/c1-19(2)9-30(41-16-24(20(3)13-31(41)42)7-8-40-17-27(37)18-40)35(45)39-29(15-32(43)44)28-14-25(10-23(6)34(28)38)33-21(4)11-26(36)12-22(33)5/h10-14,16,19,27,29-30H,7-9,15,17-18H2,1-6H3,(H,39,45)(H,43,44). The molecule has 0 radical (unpaired) electrons. The number of aromatic nitrogens is 1. The Morgan fingerprint density at radius 3 is 2.20 bits per heavy atom. The lowest BCUT2D eigenvalue weighted by Gasteiger charge is -2.34. The number of likely N-dealkylation sites (tertiary alicyclic amines) is 1. The highest BCUT2D eigenvalue weighted by atomic mass is 19.1. The molecule has 1 aliphatic heterocycles. The molecule has 3 aromatic rings.